The molecule has 1 atom stereocenters. The molecule has 1 aliphatic heterocycles. The van der Waals surface area contributed by atoms with E-state index in [-0.39, 0.29) is 39.6 Å². The van der Waals surface area contributed by atoms with Crippen LogP contribution in [-0.2, 0) is 6.18 Å². The highest BCUT2D eigenvalue weighted by Gasteiger charge is 2.33. The molecule has 0 aromatic heterocycles. The van der Waals surface area contributed by atoms with Gasteiger partial charge >= 0.3 is 6.18 Å². The molecule has 0 bridgehead atoms. The van der Waals surface area contributed by atoms with E-state index in [0.29, 0.717) is 12.2 Å². The van der Waals surface area contributed by atoms with Gasteiger partial charge in [0.05, 0.1) is 27.8 Å². The zero-order chi connectivity index (χ0) is 18.4. The summed E-state index contributed by atoms with van der Waals surface area (Å²) in [6.45, 7) is 0.582. The number of nitrogens with two attached hydrogens (primary N) is 1. The molecule has 0 saturated carbocycles. The number of fused-ring (bicyclic) bond motifs is 1. The van der Waals surface area contributed by atoms with Crippen LogP contribution < -0.4 is 15.8 Å². The van der Waals surface area contributed by atoms with Crippen molar-refractivity contribution in [2.45, 2.75) is 12.3 Å². The van der Waals surface area contributed by atoms with Gasteiger partial charge in [-0.15, -0.1) is 0 Å². The van der Waals surface area contributed by atoms with Gasteiger partial charge in [0.2, 0.25) is 0 Å². The second kappa shape index (κ2) is 6.55. The van der Waals surface area contributed by atoms with Crippen molar-refractivity contribution < 1.29 is 22.3 Å². The second-order valence-electron chi connectivity index (χ2n) is 5.50. The zero-order valence-electron chi connectivity index (χ0n) is 12.6. The predicted molar refractivity (Wildman–Crippen MR) is 88.8 cm³/mol. The minimum atomic E-state index is -4.60. The molecule has 0 unspecified atom stereocenters. The third kappa shape index (κ3) is 3.49. The fourth-order valence-corrected chi connectivity index (χ4v) is 3.29. The summed E-state index contributed by atoms with van der Waals surface area (Å²) in [6.07, 6.45) is -4.97. The summed E-state index contributed by atoms with van der Waals surface area (Å²) >= 11 is 12.1. The van der Waals surface area contributed by atoms with Gasteiger partial charge in [0.15, 0.2) is 5.75 Å². The highest BCUT2D eigenvalue weighted by Crippen LogP contribution is 2.47. The molecule has 0 aliphatic carbocycles. The Morgan fingerprint density at radius 1 is 1.16 bits per heavy atom. The lowest BCUT2D eigenvalue weighted by Gasteiger charge is -2.29. The van der Waals surface area contributed by atoms with Crippen molar-refractivity contribution >= 4 is 28.9 Å². The predicted octanol–water partition coefficient (Wildman–Crippen LogP) is 4.95. The quantitative estimate of drug-likeness (QED) is 0.708. The van der Waals surface area contributed by atoms with Gasteiger partial charge in [-0.2, -0.15) is 13.2 Å². The van der Waals surface area contributed by atoms with Crippen LogP contribution in [-0.4, -0.2) is 19.2 Å². The summed E-state index contributed by atoms with van der Waals surface area (Å²) in [5, 5.41) is 2.46. The molecule has 134 valence electrons. The van der Waals surface area contributed by atoms with Gasteiger partial charge in [0.25, 0.3) is 0 Å². The molecule has 0 amide bonds. The largest absolute Gasteiger partial charge is 0.484 e. The van der Waals surface area contributed by atoms with E-state index in [1.807, 2.05) is 0 Å². The van der Waals surface area contributed by atoms with Crippen LogP contribution in [0.2, 0.25) is 10.0 Å². The number of rotatable bonds is 2. The summed E-state index contributed by atoms with van der Waals surface area (Å²) in [5.41, 5.74) is 5.17. The molecular formula is C16H12Cl2F4N2O. The Bertz CT molecular complexity index is 804. The average molecular weight is 395 g/mol. The van der Waals surface area contributed by atoms with Crippen LogP contribution in [0.25, 0.3) is 11.1 Å². The van der Waals surface area contributed by atoms with E-state index >= 15 is 0 Å². The smallest absolute Gasteiger partial charge is 0.416 e. The van der Waals surface area contributed by atoms with Crippen molar-refractivity contribution in [3.8, 4) is 16.9 Å². The van der Waals surface area contributed by atoms with E-state index in [2.05, 4.69) is 5.32 Å². The van der Waals surface area contributed by atoms with Crippen LogP contribution in [0.3, 0.4) is 0 Å². The van der Waals surface area contributed by atoms with Crippen molar-refractivity contribution in [1.82, 2.24) is 0 Å². The lowest BCUT2D eigenvalue weighted by molar-refractivity contribution is -0.137. The van der Waals surface area contributed by atoms with E-state index in [1.54, 1.807) is 0 Å². The third-order valence-electron chi connectivity index (χ3n) is 3.76. The lowest BCUT2D eigenvalue weighted by atomic mass is 10.00. The van der Waals surface area contributed by atoms with E-state index in [0.717, 1.165) is 18.2 Å². The van der Waals surface area contributed by atoms with E-state index in [4.69, 9.17) is 33.7 Å². The maximum Gasteiger partial charge on any atom is 0.416 e. The van der Waals surface area contributed by atoms with Gasteiger partial charge in [-0.3, -0.25) is 0 Å². The van der Waals surface area contributed by atoms with Gasteiger partial charge in [-0.25, -0.2) is 4.39 Å². The maximum absolute atomic E-state index is 14.0. The zero-order valence-corrected chi connectivity index (χ0v) is 14.1. The van der Waals surface area contributed by atoms with Gasteiger partial charge in [0, 0.05) is 23.7 Å². The fraction of sp³-hybridized carbons (Fsp3) is 0.250. The van der Waals surface area contributed by atoms with Gasteiger partial charge in [-0.05, 0) is 18.2 Å². The lowest BCUT2D eigenvalue weighted by Crippen LogP contribution is -2.37. The number of ether oxygens (including phenoxy) is 1. The van der Waals surface area contributed by atoms with Gasteiger partial charge in [-0.1, -0.05) is 23.2 Å². The van der Waals surface area contributed by atoms with Crippen LogP contribution >= 0.6 is 23.2 Å². The van der Waals surface area contributed by atoms with E-state index < -0.39 is 17.6 Å². The molecule has 3 nitrogen and oxygen atoms in total. The Labute approximate surface area is 150 Å². The monoisotopic (exact) mass is 394 g/mol. The molecule has 0 fully saturated rings. The van der Waals surface area contributed by atoms with Crippen molar-refractivity contribution in [3.05, 3.63) is 45.7 Å². The molecule has 0 saturated heterocycles. The molecular weight excluding hydrogens is 383 g/mol. The number of hydrogen-bond acceptors (Lipinski definition) is 3. The number of hydrogen-bond donors (Lipinski definition) is 2. The molecule has 1 aliphatic rings. The number of anilines is 1. The van der Waals surface area contributed by atoms with Crippen LogP contribution in [0.1, 0.15) is 5.56 Å². The first-order valence-electron chi connectivity index (χ1n) is 7.21. The Hall–Kier alpha value is -1.70. The molecule has 2 aromatic carbocycles. The first kappa shape index (κ1) is 18.1. The minimum Gasteiger partial charge on any atom is -0.484 e. The topological polar surface area (TPSA) is 47.3 Å². The molecule has 9 heteroatoms. The molecule has 3 rings (SSSR count). The van der Waals surface area contributed by atoms with Crippen molar-refractivity contribution in [2.24, 2.45) is 5.73 Å². The van der Waals surface area contributed by atoms with Crippen LogP contribution in [0.4, 0.5) is 23.2 Å². The van der Waals surface area contributed by atoms with Crippen molar-refractivity contribution in [1.29, 1.82) is 0 Å². The SMILES string of the molecule is NC[C@H]1CNc2cc(F)cc(-c3c(Cl)cc(C(F)(F)F)cc3Cl)c2O1. The Balaban J connectivity index is 2.19. The summed E-state index contributed by atoms with van der Waals surface area (Å²) in [5.74, 6) is -0.366. The molecule has 25 heavy (non-hydrogen) atoms. The summed E-state index contributed by atoms with van der Waals surface area (Å²) in [4.78, 5) is 0. The number of alkyl halides is 3. The second-order valence-corrected chi connectivity index (χ2v) is 6.31. The van der Waals surface area contributed by atoms with E-state index in [1.165, 1.54) is 6.07 Å². The van der Waals surface area contributed by atoms with Crippen LogP contribution in [0.5, 0.6) is 5.75 Å². The Kier molecular flexibility index (Phi) is 4.74. The average Bonchev–Trinajstić information content (AvgIpc) is 2.52. The highest BCUT2D eigenvalue weighted by atomic mass is 35.5. The van der Waals surface area contributed by atoms with Crippen LogP contribution in [0, 0.1) is 5.82 Å². The number of halogens is 6. The van der Waals surface area contributed by atoms with Crippen molar-refractivity contribution in [2.75, 3.05) is 18.4 Å². The number of benzene rings is 2. The molecule has 1 heterocycles. The first-order chi connectivity index (χ1) is 11.7. The number of nitrogens with one attached hydrogen (secondary N) is 1. The summed E-state index contributed by atoms with van der Waals surface area (Å²) in [6, 6.07) is 3.82. The molecule has 2 aromatic rings. The Morgan fingerprint density at radius 2 is 1.80 bits per heavy atom. The fourth-order valence-electron chi connectivity index (χ4n) is 2.60. The highest BCUT2D eigenvalue weighted by molar-refractivity contribution is 6.39. The van der Waals surface area contributed by atoms with Gasteiger partial charge in [0.1, 0.15) is 11.9 Å². The molecule has 0 spiro atoms. The first-order valence-corrected chi connectivity index (χ1v) is 7.97. The summed E-state index contributed by atoms with van der Waals surface area (Å²) in [7, 11) is 0. The van der Waals surface area contributed by atoms with E-state index in [9.17, 15) is 17.6 Å². The third-order valence-corrected chi connectivity index (χ3v) is 4.36. The minimum absolute atomic E-state index is 0.0616. The maximum atomic E-state index is 14.0. The molecule has 0 radical (unpaired) electrons. The standard InChI is InChI=1S/C16H12Cl2F4N2O/c17-11-1-7(16(20,21)22)2-12(18)14(11)10-3-8(19)4-13-15(10)25-9(5-23)6-24-13/h1-4,9,24H,5-6,23H2/t9-/m0/s1. The van der Waals surface area contributed by atoms with Gasteiger partial charge < -0.3 is 15.8 Å². The normalized spacial score (nSPS) is 16.8. The van der Waals surface area contributed by atoms with Crippen LogP contribution in [0.15, 0.2) is 24.3 Å². The Morgan fingerprint density at radius 3 is 2.36 bits per heavy atom. The molecule has 3 N–H and O–H groups in total. The van der Waals surface area contributed by atoms with Crippen molar-refractivity contribution in [3.63, 3.8) is 0 Å². The summed E-state index contributed by atoms with van der Waals surface area (Å²) < 4.78 is 58.4.